The number of hydrogen-bond acceptors (Lipinski definition) is 3. The van der Waals surface area contributed by atoms with Crippen molar-refractivity contribution < 1.29 is 17.6 Å². The van der Waals surface area contributed by atoms with Crippen molar-refractivity contribution in [2.45, 2.75) is 12.6 Å². The molecule has 4 nitrogen and oxygen atoms in total. The van der Waals surface area contributed by atoms with Crippen LogP contribution in [0, 0.1) is 5.82 Å². The molecular formula is C16H12F4N4. The maximum Gasteiger partial charge on any atom is 0.433 e. The minimum Gasteiger partial charge on any atom is -0.252 e. The molecule has 1 aromatic carbocycles. The summed E-state index contributed by atoms with van der Waals surface area (Å²) in [5, 5.41) is 4.22. The van der Waals surface area contributed by atoms with Gasteiger partial charge >= 0.3 is 6.18 Å². The highest BCUT2D eigenvalue weighted by Crippen LogP contribution is 2.28. The zero-order valence-corrected chi connectivity index (χ0v) is 12.5. The fourth-order valence-corrected chi connectivity index (χ4v) is 2.21. The second kappa shape index (κ2) is 6.03. The van der Waals surface area contributed by atoms with Gasteiger partial charge in [0.2, 0.25) is 0 Å². The quantitative estimate of drug-likeness (QED) is 0.686. The lowest BCUT2D eigenvalue weighted by molar-refractivity contribution is -0.141. The zero-order chi connectivity index (χ0) is 17.3. The van der Waals surface area contributed by atoms with E-state index in [1.54, 1.807) is 19.2 Å². The van der Waals surface area contributed by atoms with Gasteiger partial charge in [0.1, 0.15) is 17.3 Å². The number of benzene rings is 1. The summed E-state index contributed by atoms with van der Waals surface area (Å²) in [6.45, 7) is 0. The lowest BCUT2D eigenvalue weighted by Crippen LogP contribution is -2.09. The molecule has 124 valence electrons. The number of rotatable bonds is 3. The molecule has 0 unspecified atom stereocenters. The van der Waals surface area contributed by atoms with Gasteiger partial charge in [-0.3, -0.25) is 9.67 Å². The summed E-state index contributed by atoms with van der Waals surface area (Å²) in [6.07, 6.45) is -3.19. The fourth-order valence-electron chi connectivity index (χ4n) is 2.21. The van der Waals surface area contributed by atoms with Crippen LogP contribution in [0.15, 0.2) is 42.6 Å². The average Bonchev–Trinajstić information content (AvgIpc) is 2.88. The lowest BCUT2D eigenvalue weighted by Gasteiger charge is -2.07. The van der Waals surface area contributed by atoms with Crippen molar-refractivity contribution in [3.05, 3.63) is 65.5 Å². The van der Waals surface area contributed by atoms with E-state index in [9.17, 15) is 17.6 Å². The zero-order valence-electron chi connectivity index (χ0n) is 12.5. The van der Waals surface area contributed by atoms with Crippen LogP contribution in [0.3, 0.4) is 0 Å². The third-order valence-corrected chi connectivity index (χ3v) is 3.43. The summed E-state index contributed by atoms with van der Waals surface area (Å²) >= 11 is 0. The van der Waals surface area contributed by atoms with Crippen LogP contribution in [0.2, 0.25) is 0 Å². The van der Waals surface area contributed by atoms with Gasteiger partial charge in [-0.15, -0.1) is 0 Å². The third-order valence-electron chi connectivity index (χ3n) is 3.43. The molecule has 3 aromatic rings. The minimum atomic E-state index is -4.49. The Kier molecular flexibility index (Phi) is 4.04. The predicted octanol–water partition coefficient (Wildman–Crippen LogP) is 3.63. The molecule has 0 spiro atoms. The monoisotopic (exact) mass is 336 g/mol. The Morgan fingerprint density at radius 1 is 1.08 bits per heavy atom. The van der Waals surface area contributed by atoms with Crippen molar-refractivity contribution >= 4 is 0 Å². The molecule has 3 rings (SSSR count). The molecule has 0 aliphatic rings. The molecule has 8 heteroatoms. The van der Waals surface area contributed by atoms with Gasteiger partial charge in [0, 0.05) is 25.2 Å². The smallest absolute Gasteiger partial charge is 0.252 e. The summed E-state index contributed by atoms with van der Waals surface area (Å²) in [7, 11) is 1.65. The van der Waals surface area contributed by atoms with E-state index in [-0.39, 0.29) is 12.2 Å². The molecule has 2 aromatic heterocycles. The van der Waals surface area contributed by atoms with Gasteiger partial charge in [-0.25, -0.2) is 9.37 Å². The fraction of sp³-hybridized carbons (Fsp3) is 0.188. The molecule has 0 saturated carbocycles. The Morgan fingerprint density at radius 3 is 2.46 bits per heavy atom. The van der Waals surface area contributed by atoms with Crippen LogP contribution in [0.4, 0.5) is 17.6 Å². The van der Waals surface area contributed by atoms with E-state index in [1.807, 2.05) is 0 Å². The number of nitrogens with zero attached hydrogens (tertiary/aromatic N) is 4. The first-order chi connectivity index (χ1) is 11.3. The minimum absolute atomic E-state index is 0.177. The van der Waals surface area contributed by atoms with Gasteiger partial charge < -0.3 is 0 Å². The first-order valence-electron chi connectivity index (χ1n) is 7.01. The van der Waals surface area contributed by atoms with Crippen molar-refractivity contribution in [3.8, 4) is 11.4 Å². The van der Waals surface area contributed by atoms with Gasteiger partial charge in [0.15, 0.2) is 5.82 Å². The van der Waals surface area contributed by atoms with Crippen molar-refractivity contribution in [1.29, 1.82) is 0 Å². The Labute approximate surface area is 134 Å². The van der Waals surface area contributed by atoms with E-state index >= 15 is 0 Å². The Bertz CT molecular complexity index is 853. The number of hydrogen-bond donors (Lipinski definition) is 0. The van der Waals surface area contributed by atoms with Crippen LogP contribution in [0.1, 0.15) is 17.1 Å². The number of alkyl halides is 3. The number of pyridine rings is 1. The van der Waals surface area contributed by atoms with Crippen LogP contribution >= 0.6 is 0 Å². The summed E-state index contributed by atoms with van der Waals surface area (Å²) in [5.74, 6) is 0.512. The van der Waals surface area contributed by atoms with Crippen molar-refractivity contribution in [2.24, 2.45) is 7.05 Å². The van der Waals surface area contributed by atoms with Crippen molar-refractivity contribution in [3.63, 3.8) is 0 Å². The molecule has 0 atom stereocenters. The maximum atomic E-state index is 13.0. The van der Waals surface area contributed by atoms with E-state index in [0.29, 0.717) is 22.8 Å². The molecule has 0 amide bonds. The van der Waals surface area contributed by atoms with E-state index in [4.69, 9.17) is 0 Å². The van der Waals surface area contributed by atoms with Crippen LogP contribution in [-0.2, 0) is 19.6 Å². The van der Waals surface area contributed by atoms with E-state index in [2.05, 4.69) is 15.1 Å². The molecule has 0 fully saturated rings. The molecule has 0 bridgehead atoms. The first-order valence-corrected chi connectivity index (χ1v) is 7.01. The predicted molar refractivity (Wildman–Crippen MR) is 78.4 cm³/mol. The summed E-state index contributed by atoms with van der Waals surface area (Å²) in [6, 6.07) is 8.17. The number of halogens is 4. The van der Waals surface area contributed by atoms with Gasteiger partial charge in [-0.1, -0.05) is 0 Å². The van der Waals surface area contributed by atoms with Crippen LogP contribution in [-0.4, -0.2) is 19.7 Å². The van der Waals surface area contributed by atoms with Crippen molar-refractivity contribution in [1.82, 2.24) is 19.7 Å². The molecule has 0 N–H and O–H groups in total. The second-order valence-corrected chi connectivity index (χ2v) is 5.21. The lowest BCUT2D eigenvalue weighted by atomic mass is 10.1. The second-order valence-electron chi connectivity index (χ2n) is 5.21. The highest BCUT2D eigenvalue weighted by molar-refractivity contribution is 5.54. The number of aryl methyl sites for hydroxylation is 1. The maximum absolute atomic E-state index is 13.0. The van der Waals surface area contributed by atoms with E-state index in [1.165, 1.54) is 22.9 Å². The number of aromatic nitrogens is 4. The van der Waals surface area contributed by atoms with E-state index < -0.39 is 11.9 Å². The largest absolute Gasteiger partial charge is 0.433 e. The topological polar surface area (TPSA) is 43.6 Å². The summed E-state index contributed by atoms with van der Waals surface area (Å²) in [4.78, 5) is 7.66. The summed E-state index contributed by atoms with van der Waals surface area (Å²) < 4.78 is 52.6. The summed E-state index contributed by atoms with van der Waals surface area (Å²) in [5.41, 5.74) is 0.114. The van der Waals surface area contributed by atoms with Gasteiger partial charge in [-0.05, 0) is 42.0 Å². The van der Waals surface area contributed by atoms with Gasteiger partial charge in [0.05, 0.1) is 0 Å². The molecule has 0 aliphatic heterocycles. The highest BCUT2D eigenvalue weighted by Gasteiger charge is 2.32. The molecule has 24 heavy (non-hydrogen) atoms. The molecule has 2 heterocycles. The van der Waals surface area contributed by atoms with Crippen LogP contribution in [0.5, 0.6) is 0 Å². The first kappa shape index (κ1) is 16.1. The molecule has 0 radical (unpaired) electrons. The van der Waals surface area contributed by atoms with Gasteiger partial charge in [-0.2, -0.15) is 18.3 Å². The Morgan fingerprint density at radius 2 is 1.79 bits per heavy atom. The normalized spacial score (nSPS) is 11.7. The van der Waals surface area contributed by atoms with Gasteiger partial charge in [0.25, 0.3) is 0 Å². The molecule has 0 saturated heterocycles. The highest BCUT2D eigenvalue weighted by atomic mass is 19.4. The Balaban J connectivity index is 1.87. The van der Waals surface area contributed by atoms with E-state index in [0.717, 1.165) is 12.3 Å². The Hall–Kier alpha value is -2.77. The molecular weight excluding hydrogens is 324 g/mol. The average molecular weight is 336 g/mol. The standard InChI is InChI=1S/C16H12F4N4/c1-24-14(9-10-6-7-21-13(8-10)16(18,19)20)22-15(23-24)11-2-4-12(17)5-3-11/h2-8H,9H2,1H3. The third kappa shape index (κ3) is 3.42. The molecule has 0 aliphatic carbocycles. The van der Waals surface area contributed by atoms with Crippen molar-refractivity contribution in [2.75, 3.05) is 0 Å². The van der Waals surface area contributed by atoms with Crippen LogP contribution < -0.4 is 0 Å². The SMILES string of the molecule is Cn1nc(-c2ccc(F)cc2)nc1Cc1ccnc(C(F)(F)F)c1. The van der Waals surface area contributed by atoms with Crippen LogP contribution in [0.25, 0.3) is 11.4 Å².